The van der Waals surface area contributed by atoms with E-state index in [0.717, 1.165) is 48.8 Å². The lowest BCUT2D eigenvalue weighted by molar-refractivity contribution is -0.141. The molecule has 2 amide bonds. The summed E-state index contributed by atoms with van der Waals surface area (Å²) in [4.78, 5) is 37.4. The molecule has 1 aliphatic heterocycles. The molecule has 1 heterocycles. The maximum Gasteiger partial charge on any atom is 0.305 e. The SMILES string of the molecule is COC(=O)CCC1CCCC(NC(=O)C(c2ccc(CN3N=C(c4ccccc4)OCC3=O)cc2)C(C)C)C1. The van der Waals surface area contributed by atoms with Gasteiger partial charge in [0.15, 0.2) is 6.61 Å². The fourth-order valence-corrected chi connectivity index (χ4v) is 5.49. The summed E-state index contributed by atoms with van der Waals surface area (Å²) in [7, 11) is 1.42. The summed E-state index contributed by atoms with van der Waals surface area (Å²) in [6, 6.07) is 17.5. The minimum absolute atomic E-state index is 0.0387. The summed E-state index contributed by atoms with van der Waals surface area (Å²) in [6.07, 6.45) is 5.22. The van der Waals surface area contributed by atoms with E-state index in [1.54, 1.807) is 0 Å². The first-order valence-electron chi connectivity index (χ1n) is 13.9. The molecular formula is C31H39N3O5. The van der Waals surface area contributed by atoms with Crippen LogP contribution in [0.3, 0.4) is 0 Å². The summed E-state index contributed by atoms with van der Waals surface area (Å²) >= 11 is 0. The Kier molecular flexibility index (Phi) is 9.74. The standard InChI is InChI=1S/C31H39N3O5/c1-21(2)29(30(37)32-26-11-7-8-22(18-26)14-17-28(36)38-3)24-15-12-23(13-16-24)19-34-27(35)20-39-31(33-34)25-9-5-4-6-10-25/h4-6,9-10,12-13,15-16,21-22,26,29H,7-8,11,14,17-20H2,1-3H3,(H,32,37). The van der Waals surface area contributed by atoms with Crippen molar-refractivity contribution in [3.8, 4) is 0 Å². The Hall–Kier alpha value is -3.68. The highest BCUT2D eigenvalue weighted by Crippen LogP contribution is 2.30. The molecule has 2 aromatic carbocycles. The van der Waals surface area contributed by atoms with Gasteiger partial charge in [0.05, 0.1) is 19.6 Å². The zero-order chi connectivity index (χ0) is 27.8. The quantitative estimate of drug-likeness (QED) is 0.444. The molecule has 0 radical (unpaired) electrons. The number of hydrazone groups is 1. The number of esters is 1. The second kappa shape index (κ2) is 13.4. The van der Waals surface area contributed by atoms with Crippen molar-refractivity contribution in [3.63, 3.8) is 0 Å². The number of ether oxygens (including phenoxy) is 2. The summed E-state index contributed by atoms with van der Waals surface area (Å²) in [5.41, 5.74) is 2.70. The number of nitrogens with one attached hydrogen (secondary N) is 1. The van der Waals surface area contributed by atoms with Gasteiger partial charge in [-0.2, -0.15) is 0 Å². The lowest BCUT2D eigenvalue weighted by Crippen LogP contribution is -2.42. The number of benzene rings is 2. The Morgan fingerprint density at radius 2 is 1.85 bits per heavy atom. The molecule has 2 aromatic rings. The Morgan fingerprint density at radius 3 is 2.54 bits per heavy atom. The molecular weight excluding hydrogens is 494 g/mol. The monoisotopic (exact) mass is 533 g/mol. The van der Waals surface area contributed by atoms with Crippen LogP contribution in [-0.2, 0) is 30.4 Å². The zero-order valence-corrected chi connectivity index (χ0v) is 23.1. The summed E-state index contributed by atoms with van der Waals surface area (Å²) in [5, 5.41) is 9.16. The predicted molar refractivity (Wildman–Crippen MR) is 149 cm³/mol. The van der Waals surface area contributed by atoms with Gasteiger partial charge in [0, 0.05) is 18.0 Å². The molecule has 0 bridgehead atoms. The van der Waals surface area contributed by atoms with Crippen molar-refractivity contribution < 1.29 is 23.9 Å². The van der Waals surface area contributed by atoms with E-state index in [4.69, 9.17) is 9.47 Å². The van der Waals surface area contributed by atoms with Crippen LogP contribution in [0.1, 0.15) is 75.0 Å². The third-order valence-electron chi connectivity index (χ3n) is 7.59. The Bertz CT molecular complexity index is 1160. The van der Waals surface area contributed by atoms with Gasteiger partial charge in [0.2, 0.25) is 11.8 Å². The fraction of sp³-hybridized carbons (Fsp3) is 0.484. The average molecular weight is 534 g/mol. The molecule has 8 nitrogen and oxygen atoms in total. The smallest absolute Gasteiger partial charge is 0.305 e. The fourth-order valence-electron chi connectivity index (χ4n) is 5.49. The van der Waals surface area contributed by atoms with Crippen LogP contribution in [0.4, 0.5) is 0 Å². The van der Waals surface area contributed by atoms with Crippen molar-refractivity contribution in [2.75, 3.05) is 13.7 Å². The number of carbonyl (C=O) groups excluding carboxylic acids is 3. The van der Waals surface area contributed by atoms with Crippen LogP contribution in [0.5, 0.6) is 0 Å². The molecule has 4 rings (SSSR count). The van der Waals surface area contributed by atoms with Gasteiger partial charge in [-0.3, -0.25) is 14.4 Å². The topological polar surface area (TPSA) is 97.3 Å². The number of hydrogen-bond acceptors (Lipinski definition) is 6. The number of amides is 2. The largest absolute Gasteiger partial charge is 0.469 e. The number of nitrogens with zero attached hydrogens (tertiary/aromatic N) is 2. The van der Waals surface area contributed by atoms with Crippen LogP contribution in [-0.4, -0.2) is 48.4 Å². The molecule has 1 aliphatic carbocycles. The highest BCUT2D eigenvalue weighted by molar-refractivity contribution is 5.97. The number of methoxy groups -OCH3 is 1. The van der Waals surface area contributed by atoms with Gasteiger partial charge < -0.3 is 14.8 Å². The van der Waals surface area contributed by atoms with Gasteiger partial charge in [0.1, 0.15) is 0 Å². The van der Waals surface area contributed by atoms with Gasteiger partial charge in [-0.15, -0.1) is 5.10 Å². The van der Waals surface area contributed by atoms with Crippen molar-refractivity contribution in [3.05, 3.63) is 71.3 Å². The van der Waals surface area contributed by atoms with Crippen LogP contribution in [0, 0.1) is 11.8 Å². The third-order valence-corrected chi connectivity index (χ3v) is 7.59. The summed E-state index contributed by atoms with van der Waals surface area (Å²) < 4.78 is 10.3. The van der Waals surface area contributed by atoms with E-state index in [9.17, 15) is 14.4 Å². The van der Waals surface area contributed by atoms with E-state index in [-0.39, 0.29) is 42.3 Å². The number of rotatable bonds is 10. The van der Waals surface area contributed by atoms with Crippen LogP contribution < -0.4 is 5.32 Å². The lowest BCUT2D eigenvalue weighted by Gasteiger charge is -2.31. The average Bonchev–Trinajstić information content (AvgIpc) is 2.94. The predicted octanol–water partition coefficient (Wildman–Crippen LogP) is 4.78. The van der Waals surface area contributed by atoms with E-state index >= 15 is 0 Å². The highest BCUT2D eigenvalue weighted by atomic mass is 16.5. The Labute approximate surface area is 230 Å². The molecule has 39 heavy (non-hydrogen) atoms. The van der Waals surface area contributed by atoms with Crippen molar-refractivity contribution in [1.29, 1.82) is 0 Å². The molecule has 0 saturated heterocycles. The first-order valence-corrected chi connectivity index (χ1v) is 13.9. The van der Waals surface area contributed by atoms with Crippen molar-refractivity contribution >= 4 is 23.7 Å². The van der Waals surface area contributed by atoms with E-state index in [1.165, 1.54) is 12.1 Å². The van der Waals surface area contributed by atoms with E-state index in [1.807, 2.05) is 54.6 Å². The highest BCUT2D eigenvalue weighted by Gasteiger charge is 2.29. The summed E-state index contributed by atoms with van der Waals surface area (Å²) in [5.74, 6) is 0.362. The van der Waals surface area contributed by atoms with Crippen LogP contribution in [0.15, 0.2) is 59.7 Å². The molecule has 1 saturated carbocycles. The van der Waals surface area contributed by atoms with Crippen molar-refractivity contribution in [2.45, 2.75) is 70.9 Å². The molecule has 208 valence electrons. The van der Waals surface area contributed by atoms with Gasteiger partial charge in [-0.05, 0) is 54.4 Å². The van der Waals surface area contributed by atoms with E-state index in [0.29, 0.717) is 24.8 Å². The second-order valence-corrected chi connectivity index (χ2v) is 10.8. The van der Waals surface area contributed by atoms with E-state index < -0.39 is 0 Å². The van der Waals surface area contributed by atoms with Gasteiger partial charge in [0.25, 0.3) is 5.91 Å². The first kappa shape index (κ1) is 28.3. The molecule has 8 heteroatoms. The minimum Gasteiger partial charge on any atom is -0.469 e. The second-order valence-electron chi connectivity index (χ2n) is 10.8. The Morgan fingerprint density at radius 1 is 1.10 bits per heavy atom. The summed E-state index contributed by atoms with van der Waals surface area (Å²) in [6.45, 7) is 4.40. The number of hydrogen-bond donors (Lipinski definition) is 1. The number of carbonyl (C=O) groups is 3. The maximum atomic E-state index is 13.4. The van der Waals surface area contributed by atoms with E-state index in [2.05, 4.69) is 24.3 Å². The molecule has 2 aliphatic rings. The van der Waals surface area contributed by atoms with Gasteiger partial charge in [-0.1, -0.05) is 69.2 Å². The molecule has 1 fully saturated rings. The van der Waals surface area contributed by atoms with Crippen molar-refractivity contribution in [2.24, 2.45) is 16.9 Å². The van der Waals surface area contributed by atoms with Crippen LogP contribution in [0.2, 0.25) is 0 Å². The minimum atomic E-state index is -0.276. The van der Waals surface area contributed by atoms with Crippen LogP contribution >= 0.6 is 0 Å². The Balaban J connectivity index is 1.38. The third kappa shape index (κ3) is 7.68. The van der Waals surface area contributed by atoms with Crippen molar-refractivity contribution in [1.82, 2.24) is 10.3 Å². The molecule has 1 N–H and O–H groups in total. The zero-order valence-electron chi connectivity index (χ0n) is 23.1. The normalized spacial score (nSPS) is 20.2. The van der Waals surface area contributed by atoms with Crippen LogP contribution in [0.25, 0.3) is 0 Å². The molecule has 3 unspecified atom stereocenters. The van der Waals surface area contributed by atoms with Gasteiger partial charge >= 0.3 is 5.97 Å². The molecule has 0 aromatic heterocycles. The first-order chi connectivity index (χ1) is 18.8. The molecule has 0 spiro atoms. The molecule has 3 atom stereocenters. The maximum absolute atomic E-state index is 13.4. The van der Waals surface area contributed by atoms with Gasteiger partial charge in [-0.25, -0.2) is 5.01 Å². The lowest BCUT2D eigenvalue weighted by atomic mass is 9.82.